The Hall–Kier alpha value is -2.33. The van der Waals surface area contributed by atoms with Gasteiger partial charge in [0, 0.05) is 13.6 Å². The summed E-state index contributed by atoms with van der Waals surface area (Å²) < 4.78 is 0. The zero-order chi connectivity index (χ0) is 16.9. The molecule has 0 amide bonds. The standard InChI is InChI=1S/C20H24N2O2/c1-21-19-17(8-5-9-18(19)20(23)24)16-10-12-22(13-11-16)14-15-6-3-2-4-7-15/h2-9,16,21H,10-14H2,1H3,(H,23,24). The number of carboxylic acid groups (broad SMARTS) is 1. The number of rotatable bonds is 5. The lowest BCUT2D eigenvalue weighted by Gasteiger charge is -2.33. The first kappa shape index (κ1) is 16.5. The minimum absolute atomic E-state index is 0.363. The Bertz CT molecular complexity index is 692. The highest BCUT2D eigenvalue weighted by Crippen LogP contribution is 2.35. The number of aromatic carboxylic acids is 1. The molecule has 0 aliphatic carbocycles. The van der Waals surface area contributed by atoms with Gasteiger partial charge in [0.1, 0.15) is 0 Å². The van der Waals surface area contributed by atoms with E-state index < -0.39 is 5.97 Å². The molecule has 0 unspecified atom stereocenters. The average Bonchev–Trinajstić information content (AvgIpc) is 2.62. The fourth-order valence-electron chi connectivity index (χ4n) is 3.61. The average molecular weight is 324 g/mol. The van der Waals surface area contributed by atoms with Crippen LogP contribution in [0, 0.1) is 0 Å². The third-order valence-electron chi connectivity index (χ3n) is 4.85. The van der Waals surface area contributed by atoms with E-state index in [0.717, 1.165) is 43.7 Å². The number of piperidine rings is 1. The van der Waals surface area contributed by atoms with Gasteiger partial charge >= 0.3 is 5.97 Å². The molecule has 2 aromatic rings. The zero-order valence-corrected chi connectivity index (χ0v) is 14.0. The van der Waals surface area contributed by atoms with E-state index in [1.807, 2.05) is 12.1 Å². The van der Waals surface area contributed by atoms with Crippen LogP contribution in [0.2, 0.25) is 0 Å². The molecule has 1 saturated heterocycles. The molecule has 0 bridgehead atoms. The number of benzene rings is 2. The molecular formula is C20H24N2O2. The summed E-state index contributed by atoms with van der Waals surface area (Å²) in [5.41, 5.74) is 3.62. The molecule has 126 valence electrons. The Morgan fingerprint density at radius 1 is 1.12 bits per heavy atom. The predicted molar refractivity (Wildman–Crippen MR) is 96.6 cm³/mol. The summed E-state index contributed by atoms with van der Waals surface area (Å²) in [5.74, 6) is -0.457. The van der Waals surface area contributed by atoms with Gasteiger partial charge in [-0.15, -0.1) is 0 Å². The predicted octanol–water partition coefficient (Wildman–Crippen LogP) is 3.81. The van der Waals surface area contributed by atoms with Gasteiger partial charge in [-0.25, -0.2) is 4.79 Å². The van der Waals surface area contributed by atoms with Crippen molar-refractivity contribution in [3.05, 3.63) is 65.2 Å². The molecule has 3 rings (SSSR count). The quantitative estimate of drug-likeness (QED) is 0.878. The maximum absolute atomic E-state index is 11.4. The van der Waals surface area contributed by atoms with Crippen molar-refractivity contribution in [2.24, 2.45) is 0 Å². The van der Waals surface area contributed by atoms with Crippen LogP contribution < -0.4 is 5.32 Å². The second kappa shape index (κ2) is 7.49. The van der Waals surface area contributed by atoms with Crippen molar-refractivity contribution in [1.29, 1.82) is 0 Å². The van der Waals surface area contributed by atoms with Gasteiger partial charge in [0.05, 0.1) is 11.3 Å². The second-order valence-corrected chi connectivity index (χ2v) is 6.36. The number of anilines is 1. The van der Waals surface area contributed by atoms with Gasteiger partial charge in [0.15, 0.2) is 0 Å². The fourth-order valence-corrected chi connectivity index (χ4v) is 3.61. The normalized spacial score (nSPS) is 16.0. The minimum Gasteiger partial charge on any atom is -0.478 e. The van der Waals surface area contributed by atoms with E-state index >= 15 is 0 Å². The molecule has 0 radical (unpaired) electrons. The van der Waals surface area contributed by atoms with Crippen LogP contribution in [0.5, 0.6) is 0 Å². The summed E-state index contributed by atoms with van der Waals surface area (Å²) in [4.78, 5) is 13.9. The molecule has 1 aliphatic heterocycles. The number of nitrogens with one attached hydrogen (secondary N) is 1. The molecule has 0 spiro atoms. The molecule has 24 heavy (non-hydrogen) atoms. The van der Waals surface area contributed by atoms with E-state index in [4.69, 9.17) is 0 Å². The van der Waals surface area contributed by atoms with Crippen molar-refractivity contribution in [2.45, 2.75) is 25.3 Å². The highest BCUT2D eigenvalue weighted by molar-refractivity contribution is 5.95. The lowest BCUT2D eigenvalue weighted by molar-refractivity contribution is 0.0697. The Morgan fingerprint density at radius 2 is 1.83 bits per heavy atom. The molecule has 2 N–H and O–H groups in total. The van der Waals surface area contributed by atoms with Crippen LogP contribution in [0.4, 0.5) is 5.69 Å². The van der Waals surface area contributed by atoms with Crippen LogP contribution >= 0.6 is 0 Å². The highest BCUT2D eigenvalue weighted by Gasteiger charge is 2.24. The van der Waals surface area contributed by atoms with Crippen molar-refractivity contribution < 1.29 is 9.90 Å². The van der Waals surface area contributed by atoms with Crippen LogP contribution in [0.1, 0.15) is 40.2 Å². The first-order chi connectivity index (χ1) is 11.7. The minimum atomic E-state index is -0.872. The first-order valence-electron chi connectivity index (χ1n) is 8.49. The zero-order valence-electron chi connectivity index (χ0n) is 14.0. The number of para-hydroxylation sites is 1. The van der Waals surface area contributed by atoms with Gasteiger partial charge in [-0.3, -0.25) is 4.90 Å². The Labute approximate surface area is 143 Å². The van der Waals surface area contributed by atoms with Gasteiger partial charge in [0.25, 0.3) is 0 Å². The molecule has 0 aromatic heterocycles. The number of carboxylic acids is 1. The molecule has 0 saturated carbocycles. The van der Waals surface area contributed by atoms with Gasteiger partial charge in [0.2, 0.25) is 0 Å². The number of hydrogen-bond donors (Lipinski definition) is 2. The molecule has 1 aliphatic rings. The Kier molecular flexibility index (Phi) is 5.16. The number of nitrogens with zero attached hydrogens (tertiary/aromatic N) is 1. The van der Waals surface area contributed by atoms with Crippen LogP contribution in [-0.4, -0.2) is 36.1 Å². The largest absolute Gasteiger partial charge is 0.478 e. The van der Waals surface area contributed by atoms with Crippen molar-refractivity contribution >= 4 is 11.7 Å². The van der Waals surface area contributed by atoms with Gasteiger partial charge in [-0.1, -0.05) is 42.5 Å². The number of likely N-dealkylation sites (tertiary alicyclic amines) is 1. The van der Waals surface area contributed by atoms with E-state index in [-0.39, 0.29) is 0 Å². The molecule has 4 heteroatoms. The van der Waals surface area contributed by atoms with Gasteiger partial charge < -0.3 is 10.4 Å². The van der Waals surface area contributed by atoms with E-state index in [9.17, 15) is 9.90 Å². The summed E-state index contributed by atoms with van der Waals surface area (Å²) in [7, 11) is 1.80. The van der Waals surface area contributed by atoms with Crippen LogP contribution in [0.3, 0.4) is 0 Å². The monoisotopic (exact) mass is 324 g/mol. The summed E-state index contributed by atoms with van der Waals surface area (Å²) in [6.07, 6.45) is 2.12. The molecule has 1 fully saturated rings. The van der Waals surface area contributed by atoms with Crippen molar-refractivity contribution in [2.75, 3.05) is 25.5 Å². The highest BCUT2D eigenvalue weighted by atomic mass is 16.4. The van der Waals surface area contributed by atoms with Crippen LogP contribution in [0.25, 0.3) is 0 Å². The first-order valence-corrected chi connectivity index (χ1v) is 8.49. The smallest absolute Gasteiger partial charge is 0.337 e. The molecule has 2 aromatic carbocycles. The second-order valence-electron chi connectivity index (χ2n) is 6.36. The lowest BCUT2D eigenvalue weighted by Crippen LogP contribution is -2.32. The van der Waals surface area contributed by atoms with E-state index in [2.05, 4.69) is 40.5 Å². The summed E-state index contributed by atoms with van der Waals surface area (Å²) >= 11 is 0. The third kappa shape index (κ3) is 3.60. The van der Waals surface area contributed by atoms with Gasteiger partial charge in [-0.2, -0.15) is 0 Å². The molecule has 4 nitrogen and oxygen atoms in total. The van der Waals surface area contributed by atoms with Crippen molar-refractivity contribution in [3.63, 3.8) is 0 Å². The van der Waals surface area contributed by atoms with Crippen molar-refractivity contribution in [1.82, 2.24) is 4.90 Å². The lowest BCUT2D eigenvalue weighted by atomic mass is 9.87. The van der Waals surface area contributed by atoms with Gasteiger partial charge in [-0.05, 0) is 49.0 Å². The molecule has 0 atom stereocenters. The van der Waals surface area contributed by atoms with E-state index in [1.54, 1.807) is 13.1 Å². The summed E-state index contributed by atoms with van der Waals surface area (Å²) in [6, 6.07) is 16.1. The third-order valence-corrected chi connectivity index (χ3v) is 4.85. The maximum Gasteiger partial charge on any atom is 0.337 e. The van der Waals surface area contributed by atoms with E-state index in [1.165, 1.54) is 5.56 Å². The Morgan fingerprint density at radius 3 is 2.46 bits per heavy atom. The summed E-state index contributed by atoms with van der Waals surface area (Å²) in [6.45, 7) is 3.07. The van der Waals surface area contributed by atoms with Crippen LogP contribution in [-0.2, 0) is 6.54 Å². The summed E-state index contributed by atoms with van der Waals surface area (Å²) in [5, 5.41) is 12.5. The fraction of sp³-hybridized carbons (Fsp3) is 0.350. The Balaban J connectivity index is 1.69. The number of carbonyl (C=O) groups is 1. The molecule has 1 heterocycles. The SMILES string of the molecule is CNc1c(C(=O)O)cccc1C1CCN(Cc2ccccc2)CC1. The maximum atomic E-state index is 11.4. The molecular weight excluding hydrogens is 300 g/mol. The van der Waals surface area contributed by atoms with Crippen LogP contribution in [0.15, 0.2) is 48.5 Å². The number of hydrogen-bond acceptors (Lipinski definition) is 3. The topological polar surface area (TPSA) is 52.6 Å². The van der Waals surface area contributed by atoms with E-state index in [0.29, 0.717) is 11.5 Å². The van der Waals surface area contributed by atoms with Crippen molar-refractivity contribution in [3.8, 4) is 0 Å².